The van der Waals surface area contributed by atoms with Crippen LogP contribution in [0.15, 0.2) is 17.2 Å². The molecule has 6 heteroatoms. The van der Waals surface area contributed by atoms with Crippen LogP contribution in [0.5, 0.6) is 0 Å². The average Bonchev–Trinajstić information content (AvgIpc) is 2.26. The normalized spacial score (nSPS) is 9.88. The molecule has 1 amide bonds. The Morgan fingerprint density at radius 1 is 1.62 bits per heavy atom. The highest BCUT2D eigenvalue weighted by Gasteiger charge is 2.07. The lowest BCUT2D eigenvalue weighted by atomic mass is 10.4. The molecule has 0 unspecified atom stereocenters. The summed E-state index contributed by atoms with van der Waals surface area (Å²) >= 11 is 0. The van der Waals surface area contributed by atoms with E-state index in [2.05, 4.69) is 15.3 Å². The van der Waals surface area contributed by atoms with Crippen molar-refractivity contribution in [3.8, 4) is 0 Å². The largest absolute Gasteiger partial charge is 0.355 e. The van der Waals surface area contributed by atoms with E-state index < -0.39 is 0 Å². The van der Waals surface area contributed by atoms with Crippen molar-refractivity contribution in [2.45, 2.75) is 13.3 Å². The summed E-state index contributed by atoms with van der Waals surface area (Å²) < 4.78 is 0. The van der Waals surface area contributed by atoms with Gasteiger partial charge in [0.05, 0.1) is 12.9 Å². The molecular weight excluding hydrogens is 208 g/mol. The van der Waals surface area contributed by atoms with E-state index in [0.29, 0.717) is 12.4 Å². The molecular formula is C10H16N4O2. The first kappa shape index (κ1) is 12.2. The van der Waals surface area contributed by atoms with Gasteiger partial charge in [-0.3, -0.25) is 9.59 Å². The van der Waals surface area contributed by atoms with E-state index in [-0.39, 0.29) is 18.0 Å². The van der Waals surface area contributed by atoms with Gasteiger partial charge in [0.15, 0.2) is 0 Å². The van der Waals surface area contributed by atoms with Crippen LogP contribution in [0.25, 0.3) is 0 Å². The van der Waals surface area contributed by atoms with E-state index in [1.54, 1.807) is 11.9 Å². The number of aromatic nitrogens is 2. The number of rotatable bonds is 5. The molecule has 0 bridgehead atoms. The molecule has 0 aliphatic heterocycles. The van der Waals surface area contributed by atoms with Crippen LogP contribution in [0.2, 0.25) is 0 Å². The zero-order chi connectivity index (χ0) is 12.0. The van der Waals surface area contributed by atoms with Gasteiger partial charge in [0, 0.05) is 19.7 Å². The molecule has 2 N–H and O–H groups in total. The number of nitrogens with zero attached hydrogens (tertiary/aromatic N) is 2. The number of amides is 1. The number of hydrogen-bond acceptors (Lipinski definition) is 4. The third kappa shape index (κ3) is 3.72. The van der Waals surface area contributed by atoms with Crippen LogP contribution in [-0.2, 0) is 4.79 Å². The van der Waals surface area contributed by atoms with Gasteiger partial charge in [-0.25, -0.2) is 4.98 Å². The number of carbonyl (C=O) groups excluding carboxylic acids is 1. The zero-order valence-electron chi connectivity index (χ0n) is 9.49. The van der Waals surface area contributed by atoms with Crippen molar-refractivity contribution in [1.29, 1.82) is 0 Å². The van der Waals surface area contributed by atoms with Gasteiger partial charge < -0.3 is 15.2 Å². The van der Waals surface area contributed by atoms with Crippen LogP contribution in [0, 0.1) is 0 Å². The number of carbonyl (C=O) groups is 1. The number of likely N-dealkylation sites (N-methyl/N-ethyl adjacent to an activating group) is 1. The molecule has 0 atom stereocenters. The standard InChI is InChI=1S/C10H16N4O2/c1-3-4-11-10(16)6-14(2)8-5-9(15)13-7-12-8/h5,7H,3-4,6H2,1-2H3,(H,11,16)(H,12,13,15). The van der Waals surface area contributed by atoms with Crippen LogP contribution in [0.1, 0.15) is 13.3 Å². The zero-order valence-corrected chi connectivity index (χ0v) is 9.49. The van der Waals surface area contributed by atoms with Gasteiger partial charge in [-0.2, -0.15) is 0 Å². The molecule has 0 aliphatic rings. The van der Waals surface area contributed by atoms with Crippen LogP contribution < -0.4 is 15.8 Å². The maximum Gasteiger partial charge on any atom is 0.252 e. The second-order valence-corrected chi connectivity index (χ2v) is 3.48. The summed E-state index contributed by atoms with van der Waals surface area (Å²) in [5.41, 5.74) is -0.231. The van der Waals surface area contributed by atoms with Crippen molar-refractivity contribution in [2.24, 2.45) is 0 Å². The van der Waals surface area contributed by atoms with E-state index in [4.69, 9.17) is 0 Å². The quantitative estimate of drug-likeness (QED) is 0.722. The molecule has 6 nitrogen and oxygen atoms in total. The number of anilines is 1. The molecule has 0 spiro atoms. The fourth-order valence-corrected chi connectivity index (χ4v) is 1.18. The van der Waals surface area contributed by atoms with Gasteiger partial charge >= 0.3 is 0 Å². The number of nitrogens with one attached hydrogen (secondary N) is 2. The number of hydrogen-bond donors (Lipinski definition) is 2. The number of aromatic amines is 1. The predicted molar refractivity (Wildman–Crippen MR) is 61.4 cm³/mol. The maximum absolute atomic E-state index is 11.4. The first-order valence-electron chi connectivity index (χ1n) is 5.16. The Balaban J connectivity index is 2.55. The highest BCUT2D eigenvalue weighted by atomic mass is 16.2. The highest BCUT2D eigenvalue weighted by molar-refractivity contribution is 5.80. The number of H-pyrrole nitrogens is 1. The fraction of sp³-hybridized carbons (Fsp3) is 0.500. The minimum absolute atomic E-state index is 0.0774. The van der Waals surface area contributed by atoms with Crippen LogP contribution >= 0.6 is 0 Å². The summed E-state index contributed by atoms with van der Waals surface area (Å²) in [7, 11) is 1.72. The van der Waals surface area contributed by atoms with E-state index in [9.17, 15) is 9.59 Å². The van der Waals surface area contributed by atoms with Gasteiger partial charge in [-0.05, 0) is 6.42 Å². The van der Waals surface area contributed by atoms with Crippen molar-refractivity contribution >= 4 is 11.7 Å². The monoisotopic (exact) mass is 224 g/mol. The second kappa shape index (κ2) is 5.89. The lowest BCUT2D eigenvalue weighted by molar-refractivity contribution is -0.119. The smallest absolute Gasteiger partial charge is 0.252 e. The van der Waals surface area contributed by atoms with Crippen molar-refractivity contribution in [2.75, 3.05) is 25.0 Å². The van der Waals surface area contributed by atoms with E-state index in [0.717, 1.165) is 6.42 Å². The van der Waals surface area contributed by atoms with Crippen molar-refractivity contribution < 1.29 is 4.79 Å². The first-order valence-corrected chi connectivity index (χ1v) is 5.16. The van der Waals surface area contributed by atoms with Gasteiger partial charge in [0.1, 0.15) is 5.82 Å². The lowest BCUT2D eigenvalue weighted by Gasteiger charge is -2.16. The Morgan fingerprint density at radius 2 is 2.38 bits per heavy atom. The molecule has 0 radical (unpaired) electrons. The molecule has 1 aromatic heterocycles. The van der Waals surface area contributed by atoms with E-state index >= 15 is 0 Å². The molecule has 0 fully saturated rings. The Hall–Kier alpha value is -1.85. The van der Waals surface area contributed by atoms with Crippen molar-refractivity contribution in [3.05, 3.63) is 22.7 Å². The molecule has 1 aromatic rings. The molecule has 1 heterocycles. The molecule has 0 saturated heterocycles. The topological polar surface area (TPSA) is 78.1 Å². The third-order valence-electron chi connectivity index (χ3n) is 2.01. The summed E-state index contributed by atoms with van der Waals surface area (Å²) in [5.74, 6) is 0.404. The molecule has 0 saturated carbocycles. The van der Waals surface area contributed by atoms with Gasteiger partial charge in [0.25, 0.3) is 5.56 Å². The fourth-order valence-electron chi connectivity index (χ4n) is 1.18. The van der Waals surface area contributed by atoms with E-state index in [1.165, 1.54) is 12.4 Å². The second-order valence-electron chi connectivity index (χ2n) is 3.48. The minimum Gasteiger partial charge on any atom is -0.355 e. The van der Waals surface area contributed by atoms with Crippen LogP contribution in [-0.4, -0.2) is 36.0 Å². The summed E-state index contributed by atoms with van der Waals surface area (Å²) in [6.45, 7) is 2.84. The Bertz CT molecular complexity index is 402. The van der Waals surface area contributed by atoms with Gasteiger partial charge in [-0.15, -0.1) is 0 Å². The Morgan fingerprint density at radius 3 is 3.00 bits per heavy atom. The lowest BCUT2D eigenvalue weighted by Crippen LogP contribution is -2.36. The molecule has 0 aliphatic carbocycles. The Labute approximate surface area is 93.7 Å². The minimum atomic E-state index is -0.231. The average molecular weight is 224 g/mol. The van der Waals surface area contributed by atoms with Crippen LogP contribution in [0.3, 0.4) is 0 Å². The summed E-state index contributed by atoms with van der Waals surface area (Å²) in [6.07, 6.45) is 2.22. The SMILES string of the molecule is CCCNC(=O)CN(C)c1cc(=O)[nH]cn1. The molecule has 88 valence electrons. The van der Waals surface area contributed by atoms with Gasteiger partial charge in [-0.1, -0.05) is 6.92 Å². The molecule has 0 aromatic carbocycles. The van der Waals surface area contributed by atoms with Crippen LogP contribution in [0.4, 0.5) is 5.82 Å². The first-order chi connectivity index (χ1) is 7.63. The molecule has 16 heavy (non-hydrogen) atoms. The molecule has 1 rings (SSSR count). The van der Waals surface area contributed by atoms with E-state index in [1.807, 2.05) is 6.92 Å². The Kier molecular flexibility index (Phi) is 4.50. The van der Waals surface area contributed by atoms with Crippen molar-refractivity contribution in [3.63, 3.8) is 0 Å². The van der Waals surface area contributed by atoms with Gasteiger partial charge in [0.2, 0.25) is 5.91 Å². The maximum atomic E-state index is 11.4. The van der Waals surface area contributed by atoms with Crippen molar-refractivity contribution in [1.82, 2.24) is 15.3 Å². The predicted octanol–water partition coefficient (Wildman–Crippen LogP) is -0.268. The summed E-state index contributed by atoms with van der Waals surface area (Å²) in [5, 5.41) is 2.75. The highest BCUT2D eigenvalue weighted by Crippen LogP contribution is 2.01. The third-order valence-corrected chi connectivity index (χ3v) is 2.01. The summed E-state index contributed by atoms with van der Waals surface area (Å²) in [4.78, 5) is 30.4. The summed E-state index contributed by atoms with van der Waals surface area (Å²) in [6, 6.07) is 1.35.